The minimum Gasteiger partial charge on any atom is -0.491 e. The molecule has 0 aliphatic heterocycles. The maximum atomic E-state index is 5.67. The molecule has 1 saturated carbocycles. The summed E-state index contributed by atoms with van der Waals surface area (Å²) in [6.07, 6.45) is 4.25. The maximum Gasteiger partial charge on any atom is 0.119 e. The first-order valence-corrected chi connectivity index (χ1v) is 7.55. The second-order valence-electron chi connectivity index (χ2n) is 5.31. The molecule has 1 aromatic carbocycles. The van der Waals surface area contributed by atoms with E-state index in [1.54, 1.807) is 0 Å². The summed E-state index contributed by atoms with van der Waals surface area (Å²) in [7, 11) is 2.04. The minimum atomic E-state index is 0.241. The van der Waals surface area contributed by atoms with E-state index in [1.165, 1.54) is 24.2 Å². The van der Waals surface area contributed by atoms with E-state index in [0.717, 1.165) is 12.3 Å². The van der Waals surface area contributed by atoms with Gasteiger partial charge in [0, 0.05) is 16.2 Å². The van der Waals surface area contributed by atoms with E-state index in [1.807, 2.05) is 18.8 Å². The molecule has 100 valence electrons. The number of rotatable bonds is 6. The SMILES string of the molecule is CNCC1(Sc2ccc(OC(C)C)cc2)CCC1. The summed E-state index contributed by atoms with van der Waals surface area (Å²) in [6, 6.07) is 8.51. The van der Waals surface area contributed by atoms with Crippen LogP contribution >= 0.6 is 11.8 Å². The molecule has 0 saturated heterocycles. The second kappa shape index (κ2) is 5.98. The van der Waals surface area contributed by atoms with E-state index in [-0.39, 0.29) is 6.10 Å². The highest BCUT2D eigenvalue weighted by Gasteiger charge is 2.37. The first kappa shape index (κ1) is 13.8. The molecule has 1 fully saturated rings. The molecule has 0 unspecified atom stereocenters. The van der Waals surface area contributed by atoms with Crippen molar-refractivity contribution in [3.8, 4) is 5.75 Å². The molecule has 0 radical (unpaired) electrons. The Morgan fingerprint density at radius 1 is 1.28 bits per heavy atom. The smallest absolute Gasteiger partial charge is 0.119 e. The van der Waals surface area contributed by atoms with Crippen LogP contribution in [0, 0.1) is 0 Å². The van der Waals surface area contributed by atoms with Gasteiger partial charge in [-0.15, -0.1) is 11.8 Å². The van der Waals surface area contributed by atoms with Crippen LogP contribution < -0.4 is 10.1 Å². The van der Waals surface area contributed by atoms with Crippen molar-refractivity contribution in [2.24, 2.45) is 0 Å². The standard InChI is InChI=1S/C15H23NOS/c1-12(2)17-13-5-7-14(8-6-13)18-15(11-16-3)9-4-10-15/h5-8,12,16H,4,9-11H2,1-3H3. The largest absolute Gasteiger partial charge is 0.491 e. The Hall–Kier alpha value is -0.670. The molecular formula is C15H23NOS. The van der Waals surface area contributed by atoms with Crippen LogP contribution in [-0.2, 0) is 0 Å². The molecule has 0 bridgehead atoms. The summed E-state index contributed by atoms with van der Waals surface area (Å²) in [5.74, 6) is 0.964. The van der Waals surface area contributed by atoms with Crippen molar-refractivity contribution >= 4 is 11.8 Å². The van der Waals surface area contributed by atoms with Crippen LogP contribution in [0.2, 0.25) is 0 Å². The third kappa shape index (κ3) is 3.42. The van der Waals surface area contributed by atoms with E-state index in [9.17, 15) is 0 Å². The topological polar surface area (TPSA) is 21.3 Å². The van der Waals surface area contributed by atoms with E-state index >= 15 is 0 Å². The van der Waals surface area contributed by atoms with Crippen molar-refractivity contribution in [3.63, 3.8) is 0 Å². The van der Waals surface area contributed by atoms with Gasteiger partial charge in [0.05, 0.1) is 6.10 Å². The molecule has 1 aromatic rings. The molecule has 0 atom stereocenters. The van der Waals surface area contributed by atoms with E-state index in [4.69, 9.17) is 4.74 Å². The fourth-order valence-electron chi connectivity index (χ4n) is 2.32. The Bertz CT molecular complexity index is 371. The van der Waals surface area contributed by atoms with Crippen molar-refractivity contribution in [2.45, 2.75) is 48.9 Å². The Kier molecular flexibility index (Phi) is 4.57. The molecular weight excluding hydrogens is 242 g/mol. The Morgan fingerprint density at radius 3 is 2.39 bits per heavy atom. The zero-order valence-corrected chi connectivity index (χ0v) is 12.3. The van der Waals surface area contributed by atoms with Gasteiger partial charge in [-0.2, -0.15) is 0 Å². The minimum absolute atomic E-state index is 0.241. The van der Waals surface area contributed by atoms with Crippen LogP contribution in [-0.4, -0.2) is 24.4 Å². The quantitative estimate of drug-likeness (QED) is 0.847. The lowest BCUT2D eigenvalue weighted by molar-refractivity contribution is 0.242. The zero-order valence-electron chi connectivity index (χ0n) is 11.5. The van der Waals surface area contributed by atoms with Gasteiger partial charge in [0.15, 0.2) is 0 Å². The summed E-state index contributed by atoms with van der Waals surface area (Å²) in [4.78, 5) is 1.35. The van der Waals surface area contributed by atoms with Gasteiger partial charge in [0.2, 0.25) is 0 Å². The molecule has 18 heavy (non-hydrogen) atoms. The van der Waals surface area contributed by atoms with E-state index in [2.05, 4.69) is 43.4 Å². The average Bonchev–Trinajstić information content (AvgIpc) is 2.28. The molecule has 1 aliphatic rings. The first-order valence-electron chi connectivity index (χ1n) is 6.74. The molecule has 0 spiro atoms. The van der Waals surface area contributed by atoms with Crippen LogP contribution in [0.4, 0.5) is 0 Å². The summed E-state index contributed by atoms with van der Waals surface area (Å²) < 4.78 is 6.09. The molecule has 1 N–H and O–H groups in total. The van der Waals surface area contributed by atoms with Crippen molar-refractivity contribution in [2.75, 3.05) is 13.6 Å². The fourth-order valence-corrected chi connectivity index (χ4v) is 3.80. The van der Waals surface area contributed by atoms with Crippen molar-refractivity contribution in [1.29, 1.82) is 0 Å². The highest BCUT2D eigenvalue weighted by atomic mass is 32.2. The number of ether oxygens (including phenoxy) is 1. The van der Waals surface area contributed by atoms with E-state index in [0.29, 0.717) is 4.75 Å². The second-order valence-corrected chi connectivity index (χ2v) is 6.85. The molecule has 2 rings (SSSR count). The van der Waals surface area contributed by atoms with Gasteiger partial charge in [0.1, 0.15) is 5.75 Å². The number of hydrogen-bond donors (Lipinski definition) is 1. The van der Waals surface area contributed by atoms with Gasteiger partial charge in [-0.3, -0.25) is 0 Å². The third-order valence-electron chi connectivity index (χ3n) is 3.29. The van der Waals surface area contributed by atoms with Crippen LogP contribution in [0.15, 0.2) is 29.2 Å². The van der Waals surface area contributed by atoms with Gasteiger partial charge < -0.3 is 10.1 Å². The molecule has 1 aliphatic carbocycles. The summed E-state index contributed by atoms with van der Waals surface area (Å²) in [5, 5.41) is 3.32. The van der Waals surface area contributed by atoms with Crippen LogP contribution in [0.25, 0.3) is 0 Å². The predicted molar refractivity (Wildman–Crippen MR) is 78.6 cm³/mol. The Balaban J connectivity index is 1.97. The van der Waals surface area contributed by atoms with Gasteiger partial charge in [0.25, 0.3) is 0 Å². The van der Waals surface area contributed by atoms with Crippen LogP contribution in [0.3, 0.4) is 0 Å². The number of thioether (sulfide) groups is 1. The molecule has 0 amide bonds. The van der Waals surface area contributed by atoms with Gasteiger partial charge in [-0.1, -0.05) is 6.42 Å². The lowest BCUT2D eigenvalue weighted by Gasteiger charge is -2.41. The van der Waals surface area contributed by atoms with Gasteiger partial charge in [-0.05, 0) is 58.0 Å². The molecule has 3 heteroatoms. The summed E-state index contributed by atoms with van der Waals surface area (Å²) in [6.45, 7) is 5.21. The molecule has 2 nitrogen and oxygen atoms in total. The normalized spacial score (nSPS) is 17.6. The van der Waals surface area contributed by atoms with Gasteiger partial charge >= 0.3 is 0 Å². The number of benzene rings is 1. The molecule has 0 heterocycles. The summed E-state index contributed by atoms with van der Waals surface area (Å²) >= 11 is 2.01. The van der Waals surface area contributed by atoms with Crippen molar-refractivity contribution < 1.29 is 4.74 Å². The highest BCUT2D eigenvalue weighted by molar-refractivity contribution is 8.00. The van der Waals surface area contributed by atoms with Gasteiger partial charge in [-0.25, -0.2) is 0 Å². The van der Waals surface area contributed by atoms with Crippen molar-refractivity contribution in [1.82, 2.24) is 5.32 Å². The average molecular weight is 265 g/mol. The van der Waals surface area contributed by atoms with Crippen molar-refractivity contribution in [3.05, 3.63) is 24.3 Å². The monoisotopic (exact) mass is 265 g/mol. The predicted octanol–water partition coefficient (Wildman–Crippen LogP) is 3.71. The van der Waals surface area contributed by atoms with Crippen LogP contribution in [0.1, 0.15) is 33.1 Å². The zero-order chi connectivity index (χ0) is 13.0. The number of hydrogen-bond acceptors (Lipinski definition) is 3. The number of nitrogens with one attached hydrogen (secondary N) is 1. The summed E-state index contributed by atoms with van der Waals surface area (Å²) in [5.41, 5.74) is 0. The fraction of sp³-hybridized carbons (Fsp3) is 0.600. The maximum absolute atomic E-state index is 5.67. The highest BCUT2D eigenvalue weighted by Crippen LogP contribution is 2.47. The Morgan fingerprint density at radius 2 is 1.94 bits per heavy atom. The first-order chi connectivity index (χ1) is 8.63. The van der Waals surface area contributed by atoms with E-state index < -0.39 is 0 Å². The Labute approximate surface area is 114 Å². The third-order valence-corrected chi connectivity index (χ3v) is 4.79. The van der Waals surface area contributed by atoms with Crippen LogP contribution in [0.5, 0.6) is 5.75 Å². The lowest BCUT2D eigenvalue weighted by Crippen LogP contribution is -2.42. The lowest BCUT2D eigenvalue weighted by atomic mass is 9.84. The molecule has 0 aromatic heterocycles.